The van der Waals surface area contributed by atoms with Crippen LogP contribution in [-0.4, -0.2) is 11.3 Å². The van der Waals surface area contributed by atoms with Crippen molar-refractivity contribution in [3.63, 3.8) is 0 Å². The number of hydrogen-bond acceptors (Lipinski definition) is 0. The summed E-state index contributed by atoms with van der Waals surface area (Å²) in [5.41, 5.74) is 1.84. The van der Waals surface area contributed by atoms with Crippen LogP contribution in [0.2, 0.25) is 0 Å². The van der Waals surface area contributed by atoms with Crippen LogP contribution in [0, 0.1) is 0 Å². The van der Waals surface area contributed by atoms with Crippen LogP contribution in [0.15, 0.2) is 0 Å². The summed E-state index contributed by atoms with van der Waals surface area (Å²) in [5.74, 6) is 0. The van der Waals surface area contributed by atoms with E-state index in [1.54, 1.807) is 0 Å². The molecule has 2 rings (SSSR count). The Labute approximate surface area is 128 Å². The molecule has 0 amide bonds. The van der Waals surface area contributed by atoms with Crippen LogP contribution in [-0.2, 0) is 15.9 Å². The summed E-state index contributed by atoms with van der Waals surface area (Å²) in [6.45, 7) is 0. The van der Waals surface area contributed by atoms with E-state index in [1.165, 1.54) is 64.2 Å². The third kappa shape index (κ3) is 6.79. The number of hydrogen-bond donors (Lipinski definition) is 0. The van der Waals surface area contributed by atoms with Gasteiger partial charge in [0.25, 0.3) is 0 Å². The monoisotopic (exact) mass is 408 g/mol. The van der Waals surface area contributed by atoms with Gasteiger partial charge in [0.05, 0.1) is 0 Å². The molecule has 0 unspecified atom stereocenters. The van der Waals surface area contributed by atoms with Crippen LogP contribution in [0.5, 0.6) is 0 Å². The van der Waals surface area contributed by atoms with Gasteiger partial charge in [-0.05, 0) is 44.3 Å². The molecule has 0 nitrogen and oxygen atoms in total. The Balaban J connectivity index is 0.000000437. The molecule has 0 heterocycles. The summed E-state index contributed by atoms with van der Waals surface area (Å²) in [4.78, 5) is 0. The van der Waals surface area contributed by atoms with Crippen LogP contribution in [0.3, 0.4) is 0 Å². The van der Waals surface area contributed by atoms with E-state index in [0.29, 0.717) is 0 Å². The first-order valence-electron chi connectivity index (χ1n) is 6.56. The zero-order chi connectivity index (χ0) is 12.5. The van der Waals surface area contributed by atoms with Gasteiger partial charge in [-0.1, -0.05) is 49.8 Å². The average molecular weight is 410 g/mol. The van der Waals surface area contributed by atoms with E-state index < -0.39 is 0 Å². The zero-order valence-corrected chi connectivity index (χ0v) is 14.8. The second-order valence-electron chi connectivity index (χ2n) is 4.97. The van der Waals surface area contributed by atoms with Crippen molar-refractivity contribution in [2.45, 2.75) is 75.5 Å². The van der Waals surface area contributed by atoms with Crippen molar-refractivity contribution in [1.82, 2.24) is 0 Å². The summed E-state index contributed by atoms with van der Waals surface area (Å²) in [6, 6.07) is 0. The van der Waals surface area contributed by atoms with Gasteiger partial charge in [0.1, 0.15) is 0 Å². The second-order valence-corrected chi connectivity index (χ2v) is 10.7. The van der Waals surface area contributed by atoms with Gasteiger partial charge >= 0.3 is 35.0 Å². The van der Waals surface area contributed by atoms with E-state index in [4.69, 9.17) is 30.3 Å². The SMILES string of the molecule is ClP(C1CCCCC1)C1CCCCC1.[Cl][Pd][Cl]. The summed E-state index contributed by atoms with van der Waals surface area (Å²) in [5, 5.41) is 0. The molecule has 0 spiro atoms. The zero-order valence-electron chi connectivity index (χ0n) is 10.1. The van der Waals surface area contributed by atoms with Crippen LogP contribution in [0.25, 0.3) is 0 Å². The van der Waals surface area contributed by atoms with Crippen molar-refractivity contribution < 1.29 is 15.9 Å². The van der Waals surface area contributed by atoms with Gasteiger partial charge in [-0.25, -0.2) is 0 Å². The molecule has 0 aromatic carbocycles. The van der Waals surface area contributed by atoms with Crippen LogP contribution in [0.1, 0.15) is 64.2 Å². The van der Waals surface area contributed by atoms with Crippen molar-refractivity contribution in [2.24, 2.45) is 0 Å². The number of rotatable bonds is 2. The molecule has 0 bridgehead atoms. The quantitative estimate of drug-likeness (QED) is 0.353. The normalized spacial score (nSPS) is 23.5. The Bertz CT molecular complexity index is 165. The van der Waals surface area contributed by atoms with E-state index in [0.717, 1.165) is 11.3 Å². The van der Waals surface area contributed by atoms with Gasteiger partial charge in [-0.3, -0.25) is 0 Å². The maximum atomic E-state index is 6.70. The van der Waals surface area contributed by atoms with Crippen molar-refractivity contribution in [3.8, 4) is 0 Å². The van der Waals surface area contributed by atoms with Crippen molar-refractivity contribution in [2.75, 3.05) is 0 Å². The molecule has 0 aromatic rings. The molecule has 0 radical (unpaired) electrons. The third-order valence-corrected chi connectivity index (χ3v) is 7.93. The second kappa shape index (κ2) is 10.7. The standard InChI is InChI=1S/C12H22ClP.2ClH.Pd/c13-14(11-7-3-1-4-8-11)12-9-5-2-6-10-12;;;/h11-12H,1-10H2;2*1H;/q;;;+2/p-2. The molecular weight excluding hydrogens is 388 g/mol. The van der Waals surface area contributed by atoms with Gasteiger partial charge in [0.15, 0.2) is 0 Å². The van der Waals surface area contributed by atoms with Crippen molar-refractivity contribution in [1.29, 1.82) is 0 Å². The van der Waals surface area contributed by atoms with E-state index in [1.807, 2.05) is 0 Å². The van der Waals surface area contributed by atoms with E-state index in [-0.39, 0.29) is 23.2 Å². The average Bonchev–Trinajstić information content (AvgIpc) is 2.41. The Morgan fingerprint density at radius 1 is 0.706 bits per heavy atom. The van der Waals surface area contributed by atoms with Gasteiger partial charge < -0.3 is 0 Å². The van der Waals surface area contributed by atoms with Gasteiger partial charge in [-0.15, -0.1) is 0 Å². The number of halogens is 3. The Hall–Kier alpha value is 1.96. The van der Waals surface area contributed by atoms with Gasteiger partial charge in [-0.2, -0.15) is 0 Å². The first-order valence-corrected chi connectivity index (χ1v) is 12.9. The molecule has 0 atom stereocenters. The first-order chi connectivity index (χ1) is 8.29. The molecule has 2 aliphatic rings. The topological polar surface area (TPSA) is 0 Å². The fourth-order valence-electron chi connectivity index (χ4n) is 2.95. The molecule has 0 aliphatic heterocycles. The van der Waals surface area contributed by atoms with Gasteiger partial charge in [0, 0.05) is 0 Å². The molecule has 2 fully saturated rings. The van der Waals surface area contributed by atoms with Crippen LogP contribution < -0.4 is 0 Å². The van der Waals surface area contributed by atoms with Gasteiger partial charge in [0.2, 0.25) is 0 Å². The summed E-state index contributed by atoms with van der Waals surface area (Å²) in [6.07, 6.45) is 14.5. The molecule has 5 heteroatoms. The predicted octanol–water partition coefficient (Wildman–Crippen LogP) is 6.66. The van der Waals surface area contributed by atoms with Crippen LogP contribution >= 0.6 is 37.6 Å². The van der Waals surface area contributed by atoms with E-state index in [2.05, 4.69) is 0 Å². The predicted molar refractivity (Wildman–Crippen MR) is 78.2 cm³/mol. The van der Waals surface area contributed by atoms with E-state index >= 15 is 0 Å². The summed E-state index contributed by atoms with van der Waals surface area (Å²) >= 11 is 6.60. The Morgan fingerprint density at radius 3 is 1.29 bits per heavy atom. The fraction of sp³-hybridized carbons (Fsp3) is 1.00. The minimum atomic E-state index is -0.145. The molecule has 0 saturated heterocycles. The first kappa shape index (κ1) is 17.0. The summed E-state index contributed by atoms with van der Waals surface area (Å²) < 4.78 is 0. The Morgan fingerprint density at radius 2 is 1.00 bits per heavy atom. The van der Waals surface area contributed by atoms with E-state index in [9.17, 15) is 0 Å². The molecular formula is C12H22Cl3PPd. The maximum absolute atomic E-state index is 6.70. The molecule has 0 N–H and O–H groups in total. The molecule has 2 saturated carbocycles. The fourth-order valence-corrected chi connectivity index (χ4v) is 6.44. The molecule has 0 aromatic heterocycles. The van der Waals surface area contributed by atoms with Crippen molar-refractivity contribution in [3.05, 3.63) is 0 Å². The molecule has 2 aliphatic carbocycles. The minimum absolute atomic E-state index is 0.106. The molecule has 17 heavy (non-hydrogen) atoms. The molecule has 106 valence electrons. The Kier molecular flexibility index (Phi) is 10.7. The third-order valence-electron chi connectivity index (χ3n) is 3.85. The summed E-state index contributed by atoms with van der Waals surface area (Å²) in [7, 11) is 9.48. The van der Waals surface area contributed by atoms with Crippen molar-refractivity contribution >= 4 is 37.6 Å². The van der Waals surface area contributed by atoms with Crippen LogP contribution in [0.4, 0.5) is 0 Å².